The standard InChI is InChI=1S/C19H25N3O/c1-12(13-5-3-8-22(2)11-13)15-9-14(20)10-16-17(15)21-18(23)19(16)6-4-7-19/h9-10,13H,1,3-8,11,20H2,2H3,(H,21,23). The zero-order chi connectivity index (χ0) is 16.2. The predicted molar refractivity (Wildman–Crippen MR) is 94.3 cm³/mol. The third-order valence-corrected chi connectivity index (χ3v) is 6.02. The van der Waals surface area contributed by atoms with Crippen molar-refractivity contribution in [3.8, 4) is 0 Å². The molecule has 1 atom stereocenters. The first-order valence-electron chi connectivity index (χ1n) is 8.64. The summed E-state index contributed by atoms with van der Waals surface area (Å²) in [6, 6.07) is 3.99. The van der Waals surface area contributed by atoms with Gasteiger partial charge in [-0.05, 0) is 68.5 Å². The fourth-order valence-electron chi connectivity index (χ4n) is 4.48. The maximum atomic E-state index is 12.6. The number of piperidine rings is 1. The predicted octanol–water partition coefficient (Wildman–Crippen LogP) is 3.00. The van der Waals surface area contributed by atoms with Gasteiger partial charge >= 0.3 is 0 Å². The smallest absolute Gasteiger partial charge is 0.235 e. The summed E-state index contributed by atoms with van der Waals surface area (Å²) in [6.07, 6.45) is 5.35. The second-order valence-corrected chi connectivity index (χ2v) is 7.51. The van der Waals surface area contributed by atoms with Crippen LogP contribution in [0.4, 0.5) is 11.4 Å². The highest BCUT2D eigenvalue weighted by atomic mass is 16.2. The molecule has 0 aromatic heterocycles. The average Bonchev–Trinajstić information content (AvgIpc) is 2.77. The van der Waals surface area contributed by atoms with Crippen molar-refractivity contribution in [3.63, 3.8) is 0 Å². The normalized spacial score (nSPS) is 25.8. The molecule has 1 saturated heterocycles. The molecule has 1 spiro atoms. The van der Waals surface area contributed by atoms with Gasteiger partial charge in [-0.2, -0.15) is 0 Å². The van der Waals surface area contributed by atoms with E-state index in [4.69, 9.17) is 5.73 Å². The number of anilines is 2. The van der Waals surface area contributed by atoms with E-state index in [1.165, 1.54) is 6.42 Å². The van der Waals surface area contributed by atoms with E-state index in [2.05, 4.69) is 23.8 Å². The highest BCUT2D eigenvalue weighted by Crippen LogP contribution is 2.53. The lowest BCUT2D eigenvalue weighted by molar-refractivity contribution is -0.123. The van der Waals surface area contributed by atoms with Gasteiger partial charge in [0.25, 0.3) is 0 Å². The van der Waals surface area contributed by atoms with Crippen LogP contribution in [0, 0.1) is 5.92 Å². The Morgan fingerprint density at radius 1 is 1.39 bits per heavy atom. The van der Waals surface area contributed by atoms with Gasteiger partial charge < -0.3 is 16.0 Å². The van der Waals surface area contributed by atoms with Crippen LogP contribution < -0.4 is 11.1 Å². The molecule has 1 aliphatic carbocycles. The van der Waals surface area contributed by atoms with Gasteiger partial charge in [0.15, 0.2) is 0 Å². The van der Waals surface area contributed by atoms with Crippen LogP contribution >= 0.6 is 0 Å². The van der Waals surface area contributed by atoms with Crippen LogP contribution in [-0.4, -0.2) is 30.9 Å². The second-order valence-electron chi connectivity index (χ2n) is 7.51. The number of carbonyl (C=O) groups excluding carboxylic acids is 1. The van der Waals surface area contributed by atoms with E-state index in [9.17, 15) is 4.79 Å². The van der Waals surface area contributed by atoms with Crippen LogP contribution in [0.1, 0.15) is 43.2 Å². The van der Waals surface area contributed by atoms with Gasteiger partial charge in [0, 0.05) is 17.8 Å². The zero-order valence-corrected chi connectivity index (χ0v) is 13.8. The number of amides is 1. The number of hydrogen-bond donors (Lipinski definition) is 2. The number of nitrogens with zero attached hydrogens (tertiary/aromatic N) is 1. The van der Waals surface area contributed by atoms with Crippen molar-refractivity contribution in [1.29, 1.82) is 0 Å². The summed E-state index contributed by atoms with van der Waals surface area (Å²) in [6.45, 7) is 6.57. The molecule has 3 N–H and O–H groups in total. The first kappa shape index (κ1) is 14.8. The number of benzene rings is 1. The molecule has 1 aromatic rings. The molecule has 1 saturated carbocycles. The van der Waals surface area contributed by atoms with Gasteiger partial charge in [-0.1, -0.05) is 13.0 Å². The van der Waals surface area contributed by atoms with Gasteiger partial charge in [-0.15, -0.1) is 0 Å². The largest absolute Gasteiger partial charge is 0.399 e. The summed E-state index contributed by atoms with van der Waals surface area (Å²) in [5.74, 6) is 0.591. The topological polar surface area (TPSA) is 58.4 Å². The van der Waals surface area contributed by atoms with E-state index in [0.29, 0.717) is 5.92 Å². The summed E-state index contributed by atoms with van der Waals surface area (Å²) >= 11 is 0. The molecule has 4 rings (SSSR count). The van der Waals surface area contributed by atoms with E-state index >= 15 is 0 Å². The molecule has 1 amide bonds. The van der Waals surface area contributed by atoms with Crippen LogP contribution in [0.15, 0.2) is 18.7 Å². The van der Waals surface area contributed by atoms with Gasteiger partial charge in [0.2, 0.25) is 5.91 Å². The summed E-state index contributed by atoms with van der Waals surface area (Å²) in [7, 11) is 2.16. The fourth-order valence-corrected chi connectivity index (χ4v) is 4.48. The highest BCUT2D eigenvalue weighted by molar-refractivity contribution is 6.09. The summed E-state index contributed by atoms with van der Waals surface area (Å²) in [5, 5.41) is 3.15. The Morgan fingerprint density at radius 2 is 2.17 bits per heavy atom. The van der Waals surface area contributed by atoms with Crippen LogP contribution in [0.5, 0.6) is 0 Å². The summed E-state index contributed by atoms with van der Waals surface area (Å²) in [5.41, 5.74) is 10.9. The SMILES string of the molecule is C=C(c1cc(N)cc2c1NC(=O)C21CCC1)C1CCCN(C)C1. The van der Waals surface area contributed by atoms with Crippen molar-refractivity contribution in [3.05, 3.63) is 29.8 Å². The number of nitrogens with two attached hydrogens (primary N) is 1. The maximum absolute atomic E-state index is 12.6. The number of carbonyl (C=O) groups is 1. The summed E-state index contributed by atoms with van der Waals surface area (Å²) in [4.78, 5) is 14.9. The molecule has 0 bridgehead atoms. The number of likely N-dealkylation sites (tertiary alicyclic amines) is 1. The molecule has 0 radical (unpaired) electrons. The molecular weight excluding hydrogens is 286 g/mol. The van der Waals surface area contributed by atoms with Gasteiger partial charge in [-0.25, -0.2) is 0 Å². The Balaban J connectivity index is 1.74. The lowest BCUT2D eigenvalue weighted by Gasteiger charge is -2.36. The fraction of sp³-hybridized carbons (Fsp3) is 0.526. The Morgan fingerprint density at radius 3 is 2.83 bits per heavy atom. The lowest BCUT2D eigenvalue weighted by Crippen LogP contribution is -2.40. The Bertz CT molecular complexity index is 690. The van der Waals surface area contributed by atoms with Crippen LogP contribution in [-0.2, 0) is 10.2 Å². The van der Waals surface area contributed by atoms with Gasteiger partial charge in [0.1, 0.15) is 0 Å². The Kier molecular flexibility index (Phi) is 3.27. The Labute approximate surface area is 137 Å². The molecule has 1 aromatic carbocycles. The second kappa shape index (κ2) is 5.10. The molecule has 2 heterocycles. The first-order valence-corrected chi connectivity index (χ1v) is 8.64. The quantitative estimate of drug-likeness (QED) is 0.826. The number of nitrogen functional groups attached to an aromatic ring is 1. The molecule has 122 valence electrons. The van der Waals surface area contributed by atoms with Crippen LogP contribution in [0.25, 0.3) is 5.57 Å². The molecule has 4 nitrogen and oxygen atoms in total. The number of rotatable bonds is 2. The minimum atomic E-state index is -0.316. The lowest BCUT2D eigenvalue weighted by atomic mass is 9.65. The molecular formula is C19H25N3O. The van der Waals surface area contributed by atoms with E-state index in [1.807, 2.05) is 12.1 Å². The summed E-state index contributed by atoms with van der Waals surface area (Å²) < 4.78 is 0. The first-order chi connectivity index (χ1) is 11.0. The van der Waals surface area contributed by atoms with Crippen molar-refractivity contribution in [2.24, 2.45) is 5.92 Å². The van der Waals surface area contributed by atoms with E-state index in [-0.39, 0.29) is 11.3 Å². The van der Waals surface area contributed by atoms with Crippen molar-refractivity contribution >= 4 is 22.9 Å². The molecule has 2 fully saturated rings. The number of nitrogens with one attached hydrogen (secondary N) is 1. The van der Waals surface area contributed by atoms with E-state index in [1.54, 1.807) is 0 Å². The highest BCUT2D eigenvalue weighted by Gasteiger charge is 2.51. The van der Waals surface area contributed by atoms with Crippen molar-refractivity contribution in [2.45, 2.75) is 37.5 Å². The number of hydrogen-bond acceptors (Lipinski definition) is 3. The molecule has 1 unspecified atom stereocenters. The van der Waals surface area contributed by atoms with Crippen molar-refractivity contribution in [2.75, 3.05) is 31.2 Å². The van der Waals surface area contributed by atoms with Crippen LogP contribution in [0.2, 0.25) is 0 Å². The number of fused-ring (bicyclic) bond motifs is 2. The zero-order valence-electron chi connectivity index (χ0n) is 13.8. The van der Waals surface area contributed by atoms with E-state index in [0.717, 1.165) is 66.8 Å². The van der Waals surface area contributed by atoms with Gasteiger partial charge in [-0.3, -0.25) is 4.79 Å². The Hall–Kier alpha value is -1.81. The minimum Gasteiger partial charge on any atom is -0.399 e. The van der Waals surface area contributed by atoms with Gasteiger partial charge in [0.05, 0.1) is 11.1 Å². The monoisotopic (exact) mass is 311 g/mol. The maximum Gasteiger partial charge on any atom is 0.235 e. The minimum absolute atomic E-state index is 0.152. The third kappa shape index (κ3) is 2.12. The van der Waals surface area contributed by atoms with Crippen molar-refractivity contribution in [1.82, 2.24) is 4.90 Å². The third-order valence-electron chi connectivity index (χ3n) is 6.02. The van der Waals surface area contributed by atoms with Crippen molar-refractivity contribution < 1.29 is 4.79 Å². The van der Waals surface area contributed by atoms with E-state index < -0.39 is 0 Å². The van der Waals surface area contributed by atoms with Crippen LogP contribution in [0.3, 0.4) is 0 Å². The molecule has 23 heavy (non-hydrogen) atoms. The molecule has 4 heteroatoms. The molecule has 3 aliphatic rings. The molecule has 2 aliphatic heterocycles. The average molecular weight is 311 g/mol.